The van der Waals surface area contributed by atoms with Gasteiger partial charge in [0.2, 0.25) is 0 Å². The number of halogens is 1. The van der Waals surface area contributed by atoms with E-state index in [1.54, 1.807) is 29.5 Å². The molecule has 0 aliphatic heterocycles. The lowest BCUT2D eigenvalue weighted by Crippen LogP contribution is -2.28. The Bertz CT molecular complexity index is 923. The fourth-order valence-corrected chi connectivity index (χ4v) is 4.35. The smallest absolute Gasteiger partial charge is 0.268 e. The molecule has 1 aliphatic rings. The number of nitrogens with one attached hydrogen (secondary N) is 1. The Hall–Kier alpha value is -2.14. The van der Waals surface area contributed by atoms with E-state index in [2.05, 4.69) is 22.9 Å². The number of carbonyl (C=O) groups excluding carboxylic acids is 1. The number of aryl methyl sites for hydroxylation is 1. The topological polar surface area (TPSA) is 34.0 Å². The Morgan fingerprint density at radius 3 is 2.84 bits per heavy atom. The van der Waals surface area contributed by atoms with Crippen LogP contribution in [0.4, 0.5) is 4.39 Å². The van der Waals surface area contributed by atoms with Crippen molar-refractivity contribution in [1.82, 2.24) is 9.88 Å². The second kappa shape index (κ2) is 6.64. The van der Waals surface area contributed by atoms with Crippen LogP contribution in [0.5, 0.6) is 0 Å². The SMILES string of the molecule is Cc1cc2c(cc(C(=O)NCc3ccccc3F)n2CC2CCC2)s1. The van der Waals surface area contributed by atoms with Gasteiger partial charge in [0.1, 0.15) is 11.5 Å². The molecule has 0 bridgehead atoms. The van der Waals surface area contributed by atoms with Gasteiger partial charge in [-0.3, -0.25) is 4.79 Å². The Morgan fingerprint density at radius 1 is 1.32 bits per heavy atom. The van der Waals surface area contributed by atoms with Crippen LogP contribution in [0.15, 0.2) is 36.4 Å². The van der Waals surface area contributed by atoms with E-state index in [1.165, 1.54) is 30.2 Å². The van der Waals surface area contributed by atoms with E-state index in [-0.39, 0.29) is 18.3 Å². The molecule has 0 spiro atoms. The molecule has 1 aromatic carbocycles. The summed E-state index contributed by atoms with van der Waals surface area (Å²) >= 11 is 1.71. The Labute approximate surface area is 150 Å². The van der Waals surface area contributed by atoms with Crippen LogP contribution < -0.4 is 5.32 Å². The molecule has 3 aromatic rings. The van der Waals surface area contributed by atoms with Crippen molar-refractivity contribution < 1.29 is 9.18 Å². The van der Waals surface area contributed by atoms with Gasteiger partial charge in [0.15, 0.2) is 0 Å². The third-order valence-corrected chi connectivity index (χ3v) is 5.99. The Kier molecular flexibility index (Phi) is 4.34. The van der Waals surface area contributed by atoms with Gasteiger partial charge in [0.25, 0.3) is 5.91 Å². The van der Waals surface area contributed by atoms with Gasteiger partial charge in [0.05, 0.1) is 10.2 Å². The molecule has 2 heterocycles. The summed E-state index contributed by atoms with van der Waals surface area (Å²) in [5.74, 6) is 0.238. The third-order valence-electron chi connectivity index (χ3n) is 5.01. The zero-order valence-electron chi connectivity index (χ0n) is 14.2. The normalized spacial score (nSPS) is 14.6. The molecule has 1 fully saturated rings. The lowest BCUT2D eigenvalue weighted by Gasteiger charge is -2.26. The first-order chi connectivity index (χ1) is 12.1. The van der Waals surface area contributed by atoms with Crippen LogP contribution in [0.2, 0.25) is 0 Å². The highest BCUT2D eigenvalue weighted by atomic mass is 32.1. The lowest BCUT2D eigenvalue weighted by atomic mass is 9.85. The molecule has 0 unspecified atom stereocenters. The number of rotatable bonds is 5. The van der Waals surface area contributed by atoms with Crippen LogP contribution in [-0.4, -0.2) is 10.5 Å². The van der Waals surface area contributed by atoms with Crippen LogP contribution in [0.1, 0.15) is 40.2 Å². The Balaban J connectivity index is 1.58. The second-order valence-corrected chi connectivity index (χ2v) is 8.11. The summed E-state index contributed by atoms with van der Waals surface area (Å²) in [6, 6.07) is 10.7. The summed E-state index contributed by atoms with van der Waals surface area (Å²) < 4.78 is 17.1. The van der Waals surface area contributed by atoms with E-state index < -0.39 is 0 Å². The summed E-state index contributed by atoms with van der Waals surface area (Å²) in [7, 11) is 0. The average Bonchev–Trinajstić information content (AvgIpc) is 3.06. The molecule has 0 radical (unpaired) electrons. The fraction of sp³-hybridized carbons (Fsp3) is 0.350. The van der Waals surface area contributed by atoms with Crippen LogP contribution in [0.3, 0.4) is 0 Å². The molecule has 25 heavy (non-hydrogen) atoms. The monoisotopic (exact) mass is 356 g/mol. The van der Waals surface area contributed by atoms with Gasteiger partial charge in [-0.2, -0.15) is 0 Å². The molecule has 0 saturated heterocycles. The van der Waals surface area contributed by atoms with E-state index in [4.69, 9.17) is 0 Å². The molecule has 5 heteroatoms. The minimum absolute atomic E-state index is 0.136. The number of nitrogens with zero attached hydrogens (tertiary/aromatic N) is 1. The number of fused-ring (bicyclic) bond motifs is 1. The summed E-state index contributed by atoms with van der Waals surface area (Å²) in [5, 5.41) is 2.88. The first-order valence-corrected chi connectivity index (χ1v) is 9.55. The summed E-state index contributed by atoms with van der Waals surface area (Å²) in [5.41, 5.74) is 2.33. The standard InChI is InChI=1S/C20H21FN2OS/c1-13-9-17-19(25-13)10-18(23(17)12-14-5-4-6-14)20(24)22-11-15-7-2-3-8-16(15)21/h2-3,7-10,14H,4-6,11-12H2,1H3,(H,22,24). The van der Waals surface area contributed by atoms with E-state index in [9.17, 15) is 9.18 Å². The maximum atomic E-state index is 13.8. The predicted molar refractivity (Wildman–Crippen MR) is 99.5 cm³/mol. The predicted octanol–water partition coefficient (Wildman–Crippen LogP) is 4.88. The maximum absolute atomic E-state index is 13.8. The zero-order chi connectivity index (χ0) is 17.4. The van der Waals surface area contributed by atoms with E-state index >= 15 is 0 Å². The van der Waals surface area contributed by atoms with E-state index in [0.717, 1.165) is 16.8 Å². The van der Waals surface area contributed by atoms with Crippen LogP contribution in [0, 0.1) is 18.7 Å². The first kappa shape index (κ1) is 16.3. The molecular weight excluding hydrogens is 335 g/mol. The quantitative estimate of drug-likeness (QED) is 0.694. The highest BCUT2D eigenvalue weighted by molar-refractivity contribution is 7.19. The van der Waals surface area contributed by atoms with Crippen molar-refractivity contribution in [1.29, 1.82) is 0 Å². The van der Waals surface area contributed by atoms with Crippen molar-refractivity contribution in [3.05, 3.63) is 58.3 Å². The zero-order valence-corrected chi connectivity index (χ0v) is 15.0. The minimum atomic E-state index is -0.288. The number of hydrogen-bond acceptors (Lipinski definition) is 2. The Morgan fingerprint density at radius 2 is 2.12 bits per heavy atom. The summed E-state index contributed by atoms with van der Waals surface area (Å²) in [4.78, 5) is 14.0. The van der Waals surface area contributed by atoms with Crippen molar-refractivity contribution in [2.75, 3.05) is 0 Å². The average molecular weight is 356 g/mol. The molecule has 1 saturated carbocycles. The summed E-state index contributed by atoms with van der Waals surface area (Å²) in [6.45, 7) is 3.19. The molecule has 1 N–H and O–H groups in total. The van der Waals surface area contributed by atoms with Gasteiger partial charge >= 0.3 is 0 Å². The second-order valence-electron chi connectivity index (χ2n) is 6.82. The fourth-order valence-electron chi connectivity index (χ4n) is 3.39. The molecule has 2 aromatic heterocycles. The van der Waals surface area contributed by atoms with Gasteiger partial charge in [-0.1, -0.05) is 24.6 Å². The largest absolute Gasteiger partial charge is 0.347 e. The van der Waals surface area contributed by atoms with Gasteiger partial charge < -0.3 is 9.88 Å². The van der Waals surface area contributed by atoms with Crippen molar-refractivity contribution in [3.63, 3.8) is 0 Å². The van der Waals surface area contributed by atoms with Crippen molar-refractivity contribution in [2.24, 2.45) is 5.92 Å². The number of hydrogen-bond donors (Lipinski definition) is 1. The van der Waals surface area contributed by atoms with Gasteiger partial charge in [-0.15, -0.1) is 11.3 Å². The van der Waals surface area contributed by atoms with Gasteiger partial charge in [0, 0.05) is 23.5 Å². The minimum Gasteiger partial charge on any atom is -0.347 e. The lowest BCUT2D eigenvalue weighted by molar-refractivity contribution is 0.0939. The van der Waals surface area contributed by atoms with E-state index in [0.29, 0.717) is 17.2 Å². The number of benzene rings is 1. The van der Waals surface area contributed by atoms with Crippen LogP contribution in [-0.2, 0) is 13.1 Å². The number of thiophene rings is 1. The van der Waals surface area contributed by atoms with Crippen LogP contribution >= 0.6 is 11.3 Å². The molecular formula is C20H21FN2OS. The van der Waals surface area contributed by atoms with Crippen molar-refractivity contribution in [2.45, 2.75) is 39.3 Å². The van der Waals surface area contributed by atoms with Crippen molar-refractivity contribution >= 4 is 27.5 Å². The maximum Gasteiger partial charge on any atom is 0.268 e. The number of amides is 1. The molecule has 0 atom stereocenters. The third kappa shape index (κ3) is 3.21. The highest BCUT2D eigenvalue weighted by Crippen LogP contribution is 2.33. The highest BCUT2D eigenvalue weighted by Gasteiger charge is 2.23. The number of carbonyl (C=O) groups is 1. The van der Waals surface area contributed by atoms with Crippen LogP contribution in [0.25, 0.3) is 10.2 Å². The number of aromatic nitrogens is 1. The molecule has 3 nitrogen and oxygen atoms in total. The first-order valence-electron chi connectivity index (χ1n) is 8.73. The van der Waals surface area contributed by atoms with Crippen molar-refractivity contribution in [3.8, 4) is 0 Å². The molecule has 1 amide bonds. The van der Waals surface area contributed by atoms with Gasteiger partial charge in [-0.05, 0) is 43.9 Å². The van der Waals surface area contributed by atoms with Gasteiger partial charge in [-0.25, -0.2) is 4.39 Å². The molecule has 130 valence electrons. The molecule has 1 aliphatic carbocycles. The van der Waals surface area contributed by atoms with E-state index in [1.807, 2.05) is 6.07 Å². The summed E-state index contributed by atoms with van der Waals surface area (Å²) in [6.07, 6.45) is 3.75. The molecule has 4 rings (SSSR count).